The molecule has 23 heavy (non-hydrogen) atoms. The number of nitrogens with zero attached hydrogens (tertiary/aromatic N) is 2. The molecule has 0 radical (unpaired) electrons. The maximum Gasteiger partial charge on any atom is 0.138 e. The van der Waals surface area contributed by atoms with Crippen LogP contribution in [0.15, 0.2) is 46.9 Å². The lowest BCUT2D eigenvalue weighted by molar-refractivity contribution is 0.218. The largest absolute Gasteiger partial charge is 0.384 e. The molecule has 0 fully saturated rings. The van der Waals surface area contributed by atoms with Gasteiger partial charge in [-0.25, -0.2) is 9.97 Å². The number of anilines is 1. The predicted octanol–water partition coefficient (Wildman–Crippen LogP) is 4.60. The number of aromatic nitrogens is 2. The van der Waals surface area contributed by atoms with Crippen LogP contribution < -0.4 is 5.32 Å². The van der Waals surface area contributed by atoms with E-state index in [0.717, 1.165) is 28.4 Å². The monoisotopic (exact) mass is 345 g/mol. The van der Waals surface area contributed by atoms with E-state index in [4.69, 9.17) is 4.74 Å². The highest BCUT2D eigenvalue weighted by Crippen LogP contribution is 2.27. The van der Waals surface area contributed by atoms with Crippen LogP contribution in [0.1, 0.15) is 18.5 Å². The van der Waals surface area contributed by atoms with E-state index in [1.807, 2.05) is 17.1 Å². The molecule has 0 aliphatic carbocycles. The molecule has 1 N–H and O–H groups in total. The van der Waals surface area contributed by atoms with E-state index in [0.29, 0.717) is 0 Å². The highest BCUT2D eigenvalue weighted by Gasteiger charge is 2.10. The molecule has 0 aliphatic heterocycles. The molecule has 1 unspecified atom stereocenters. The normalized spacial score (nSPS) is 12.4. The van der Waals surface area contributed by atoms with Crippen molar-refractivity contribution in [3.63, 3.8) is 0 Å². The van der Waals surface area contributed by atoms with Crippen LogP contribution >= 0.6 is 23.1 Å². The molecule has 0 bridgehead atoms. The van der Waals surface area contributed by atoms with E-state index in [1.54, 1.807) is 24.8 Å². The molecule has 4 nitrogen and oxygen atoms in total. The van der Waals surface area contributed by atoms with Crippen molar-refractivity contribution in [2.45, 2.75) is 17.9 Å². The number of thioether (sulfide) groups is 1. The Kier molecular flexibility index (Phi) is 5.48. The number of rotatable bonds is 7. The van der Waals surface area contributed by atoms with Gasteiger partial charge in [-0.15, -0.1) is 23.1 Å². The lowest BCUT2D eigenvalue weighted by Gasteiger charge is -2.16. The fourth-order valence-electron chi connectivity index (χ4n) is 2.29. The minimum Gasteiger partial charge on any atom is -0.384 e. The quantitative estimate of drug-likeness (QED) is 0.501. The van der Waals surface area contributed by atoms with Gasteiger partial charge >= 0.3 is 0 Å². The summed E-state index contributed by atoms with van der Waals surface area (Å²) in [6.07, 6.45) is 1.61. The minimum atomic E-state index is 0.186. The van der Waals surface area contributed by atoms with E-state index in [1.165, 1.54) is 10.5 Å². The van der Waals surface area contributed by atoms with Gasteiger partial charge in [0.2, 0.25) is 0 Å². The maximum atomic E-state index is 5.08. The van der Waals surface area contributed by atoms with Crippen molar-refractivity contribution in [3.05, 3.63) is 47.6 Å². The molecule has 3 rings (SSSR count). The van der Waals surface area contributed by atoms with Gasteiger partial charge in [0, 0.05) is 23.8 Å². The van der Waals surface area contributed by atoms with Gasteiger partial charge in [0.15, 0.2) is 0 Å². The number of benzene rings is 1. The van der Waals surface area contributed by atoms with E-state index in [2.05, 4.69) is 52.5 Å². The van der Waals surface area contributed by atoms with Crippen molar-refractivity contribution in [2.24, 2.45) is 0 Å². The summed E-state index contributed by atoms with van der Waals surface area (Å²) in [6.45, 7) is 2.92. The van der Waals surface area contributed by atoms with E-state index < -0.39 is 0 Å². The fraction of sp³-hybridized carbons (Fsp3) is 0.294. The summed E-state index contributed by atoms with van der Waals surface area (Å²) in [6, 6.07) is 10.9. The first-order valence-electron chi connectivity index (χ1n) is 7.44. The molecule has 1 atom stereocenters. The lowest BCUT2D eigenvalue weighted by Crippen LogP contribution is -2.08. The van der Waals surface area contributed by atoms with Crippen LogP contribution in [-0.4, -0.2) is 29.4 Å². The second kappa shape index (κ2) is 7.77. The first-order valence-corrected chi connectivity index (χ1v) is 9.31. The number of methoxy groups -OCH3 is 1. The second-order valence-corrected chi connectivity index (χ2v) is 7.20. The minimum absolute atomic E-state index is 0.186. The molecule has 0 aliphatic rings. The van der Waals surface area contributed by atoms with Crippen molar-refractivity contribution in [3.8, 4) is 0 Å². The fourth-order valence-corrected chi connectivity index (χ4v) is 3.84. The van der Waals surface area contributed by atoms with Gasteiger partial charge in [0.25, 0.3) is 0 Å². The average Bonchev–Trinajstić information content (AvgIpc) is 3.05. The van der Waals surface area contributed by atoms with Crippen molar-refractivity contribution in [1.82, 2.24) is 9.97 Å². The summed E-state index contributed by atoms with van der Waals surface area (Å²) in [4.78, 5) is 10.9. The van der Waals surface area contributed by atoms with Gasteiger partial charge in [-0.2, -0.15) is 0 Å². The third kappa shape index (κ3) is 4.02. The zero-order chi connectivity index (χ0) is 16.1. The molecule has 3 aromatic rings. The standard InChI is InChI=1S/C17H19N3OS2/c1-12(13-3-5-14(6-4-13)22-10-8-21-2)20-16-15-7-9-23-17(15)19-11-18-16/h3-7,9,11-12H,8,10H2,1-2H3,(H,18,19,20). The third-order valence-corrected chi connectivity index (χ3v) is 5.35. The first kappa shape index (κ1) is 16.2. The molecular formula is C17H19N3OS2. The summed E-state index contributed by atoms with van der Waals surface area (Å²) >= 11 is 3.44. The van der Waals surface area contributed by atoms with E-state index in [9.17, 15) is 0 Å². The Morgan fingerprint density at radius 2 is 2.04 bits per heavy atom. The Balaban J connectivity index is 1.68. The number of ether oxygens (including phenoxy) is 1. The van der Waals surface area contributed by atoms with Gasteiger partial charge in [-0.05, 0) is 36.1 Å². The number of fused-ring (bicyclic) bond motifs is 1. The summed E-state index contributed by atoms with van der Waals surface area (Å²) in [5.74, 6) is 1.86. The van der Waals surface area contributed by atoms with Crippen LogP contribution in [0, 0.1) is 0 Å². The van der Waals surface area contributed by atoms with Crippen LogP contribution in [0.25, 0.3) is 10.2 Å². The number of thiophene rings is 1. The smallest absolute Gasteiger partial charge is 0.138 e. The van der Waals surface area contributed by atoms with Gasteiger partial charge in [0.1, 0.15) is 17.0 Å². The second-order valence-electron chi connectivity index (χ2n) is 5.14. The van der Waals surface area contributed by atoms with E-state index in [-0.39, 0.29) is 6.04 Å². The van der Waals surface area contributed by atoms with Crippen LogP contribution in [-0.2, 0) is 4.74 Å². The molecule has 0 saturated carbocycles. The van der Waals surface area contributed by atoms with Crippen LogP contribution in [0.2, 0.25) is 0 Å². The Hall–Kier alpha value is -1.63. The molecule has 2 aromatic heterocycles. The Morgan fingerprint density at radius 1 is 1.22 bits per heavy atom. The van der Waals surface area contributed by atoms with Crippen LogP contribution in [0.3, 0.4) is 0 Å². The van der Waals surface area contributed by atoms with Crippen molar-refractivity contribution < 1.29 is 4.74 Å². The topological polar surface area (TPSA) is 47.0 Å². The van der Waals surface area contributed by atoms with Crippen LogP contribution in [0.5, 0.6) is 0 Å². The van der Waals surface area contributed by atoms with Crippen molar-refractivity contribution in [2.75, 3.05) is 24.8 Å². The Labute approximate surface area is 144 Å². The maximum absolute atomic E-state index is 5.08. The summed E-state index contributed by atoms with van der Waals surface area (Å²) in [5, 5.41) is 6.61. The molecular weight excluding hydrogens is 326 g/mol. The van der Waals surface area contributed by atoms with Crippen molar-refractivity contribution >= 4 is 39.1 Å². The number of nitrogens with one attached hydrogen (secondary N) is 1. The van der Waals surface area contributed by atoms with Gasteiger partial charge < -0.3 is 10.1 Å². The highest BCUT2D eigenvalue weighted by molar-refractivity contribution is 7.99. The predicted molar refractivity (Wildman–Crippen MR) is 98.5 cm³/mol. The lowest BCUT2D eigenvalue weighted by atomic mass is 10.1. The Morgan fingerprint density at radius 3 is 2.83 bits per heavy atom. The van der Waals surface area contributed by atoms with Gasteiger partial charge in [-0.1, -0.05) is 12.1 Å². The summed E-state index contributed by atoms with van der Waals surface area (Å²) in [5.41, 5.74) is 1.24. The number of hydrogen-bond acceptors (Lipinski definition) is 6. The average molecular weight is 345 g/mol. The van der Waals surface area contributed by atoms with Crippen molar-refractivity contribution in [1.29, 1.82) is 0 Å². The van der Waals surface area contributed by atoms with E-state index >= 15 is 0 Å². The molecule has 0 amide bonds. The summed E-state index contributed by atoms with van der Waals surface area (Å²) < 4.78 is 5.08. The first-order chi connectivity index (χ1) is 11.3. The molecule has 6 heteroatoms. The Bertz CT molecular complexity index is 758. The molecule has 1 aromatic carbocycles. The SMILES string of the molecule is COCCSc1ccc(C(C)Nc2ncnc3sccc23)cc1. The molecule has 0 spiro atoms. The third-order valence-electron chi connectivity index (χ3n) is 3.55. The molecule has 2 heterocycles. The highest BCUT2D eigenvalue weighted by atomic mass is 32.2. The van der Waals surface area contributed by atoms with Gasteiger partial charge in [-0.3, -0.25) is 0 Å². The zero-order valence-corrected chi connectivity index (χ0v) is 14.8. The molecule has 120 valence electrons. The molecule has 0 saturated heterocycles. The number of hydrogen-bond donors (Lipinski definition) is 1. The zero-order valence-electron chi connectivity index (χ0n) is 13.2. The van der Waals surface area contributed by atoms with Gasteiger partial charge in [0.05, 0.1) is 12.0 Å². The summed E-state index contributed by atoms with van der Waals surface area (Å²) in [7, 11) is 1.73. The van der Waals surface area contributed by atoms with Crippen LogP contribution in [0.4, 0.5) is 5.82 Å².